The van der Waals surface area contributed by atoms with E-state index in [-0.39, 0.29) is 6.10 Å². The van der Waals surface area contributed by atoms with Crippen molar-refractivity contribution in [3.05, 3.63) is 87.9 Å². The van der Waals surface area contributed by atoms with Crippen LogP contribution in [0.1, 0.15) is 23.1 Å². The van der Waals surface area contributed by atoms with E-state index in [0.29, 0.717) is 36.4 Å². The summed E-state index contributed by atoms with van der Waals surface area (Å²) >= 11 is 12.5. The van der Waals surface area contributed by atoms with Gasteiger partial charge in [-0.05, 0) is 31.0 Å². The first-order chi connectivity index (χ1) is 15.0. The lowest BCUT2D eigenvalue weighted by Crippen LogP contribution is -2.37. The molecule has 0 aliphatic carbocycles. The third-order valence-corrected chi connectivity index (χ3v) is 6.13. The Kier molecular flexibility index (Phi) is 7.31. The van der Waals surface area contributed by atoms with Gasteiger partial charge in [-0.1, -0.05) is 59.1 Å². The van der Waals surface area contributed by atoms with Crippen LogP contribution >= 0.6 is 23.2 Å². The van der Waals surface area contributed by atoms with Crippen molar-refractivity contribution < 1.29 is 14.2 Å². The van der Waals surface area contributed by atoms with E-state index in [1.807, 2.05) is 29.0 Å². The number of nitrogens with zero attached hydrogens (tertiary/aromatic N) is 2. The summed E-state index contributed by atoms with van der Waals surface area (Å²) in [6, 6.07) is 14.0. The van der Waals surface area contributed by atoms with Crippen LogP contribution in [0.5, 0.6) is 0 Å². The molecule has 31 heavy (non-hydrogen) atoms. The lowest BCUT2D eigenvalue weighted by molar-refractivity contribution is -0.187. The molecule has 0 bridgehead atoms. The normalized spacial score (nSPS) is 20.9. The largest absolute Gasteiger partial charge is 0.374 e. The average Bonchev–Trinajstić information content (AvgIpc) is 3.41. The quantitative estimate of drug-likeness (QED) is 0.425. The molecule has 3 aromatic rings. The molecule has 1 aromatic heterocycles. The van der Waals surface area contributed by atoms with Crippen LogP contribution in [0.15, 0.2) is 61.2 Å². The Morgan fingerprint density at radius 3 is 2.65 bits per heavy atom. The van der Waals surface area contributed by atoms with Crippen LogP contribution in [0, 0.1) is 6.92 Å². The van der Waals surface area contributed by atoms with Gasteiger partial charge in [0.15, 0.2) is 5.79 Å². The smallest absolute Gasteiger partial charge is 0.187 e. The number of halogens is 2. The van der Waals surface area contributed by atoms with Gasteiger partial charge in [0.1, 0.15) is 6.10 Å². The van der Waals surface area contributed by atoms with E-state index >= 15 is 0 Å². The lowest BCUT2D eigenvalue weighted by atomic mass is 10.0. The van der Waals surface area contributed by atoms with Crippen molar-refractivity contribution >= 4 is 23.2 Å². The molecule has 1 saturated heterocycles. The van der Waals surface area contributed by atoms with Crippen LogP contribution in [0.2, 0.25) is 10.0 Å². The van der Waals surface area contributed by atoms with Gasteiger partial charge in [-0.2, -0.15) is 0 Å². The van der Waals surface area contributed by atoms with Crippen LogP contribution in [-0.4, -0.2) is 34.7 Å². The molecule has 1 aliphatic rings. The summed E-state index contributed by atoms with van der Waals surface area (Å²) in [7, 11) is 0. The number of rotatable bonds is 9. The maximum atomic E-state index is 6.40. The molecule has 1 fully saturated rings. The summed E-state index contributed by atoms with van der Waals surface area (Å²) in [6.07, 6.45) is 6.89. The molecule has 0 radical (unpaired) electrons. The molecule has 0 spiro atoms. The Bertz CT molecular complexity index is 959. The Morgan fingerprint density at radius 1 is 1.16 bits per heavy atom. The second kappa shape index (κ2) is 10.2. The van der Waals surface area contributed by atoms with E-state index in [1.54, 1.807) is 12.5 Å². The van der Waals surface area contributed by atoms with Gasteiger partial charge in [0.05, 0.1) is 32.7 Å². The van der Waals surface area contributed by atoms with Crippen molar-refractivity contribution in [3.8, 4) is 0 Å². The highest BCUT2D eigenvalue weighted by atomic mass is 35.5. The van der Waals surface area contributed by atoms with Gasteiger partial charge in [0, 0.05) is 34.4 Å². The van der Waals surface area contributed by atoms with Gasteiger partial charge in [0.2, 0.25) is 0 Å². The van der Waals surface area contributed by atoms with Crippen molar-refractivity contribution in [1.29, 1.82) is 0 Å². The van der Waals surface area contributed by atoms with Crippen molar-refractivity contribution in [2.24, 2.45) is 0 Å². The molecule has 7 heteroatoms. The fourth-order valence-corrected chi connectivity index (χ4v) is 4.21. The van der Waals surface area contributed by atoms with Gasteiger partial charge < -0.3 is 18.8 Å². The van der Waals surface area contributed by atoms with Crippen LogP contribution in [0.3, 0.4) is 0 Å². The third kappa shape index (κ3) is 5.88. The number of imidazole rings is 1. The highest BCUT2D eigenvalue weighted by Crippen LogP contribution is 2.32. The Balaban J connectivity index is 1.37. The molecule has 5 nitrogen and oxygen atoms in total. The van der Waals surface area contributed by atoms with E-state index in [2.05, 4.69) is 36.2 Å². The van der Waals surface area contributed by atoms with E-state index in [1.165, 1.54) is 11.1 Å². The number of ether oxygens (including phenoxy) is 3. The summed E-state index contributed by atoms with van der Waals surface area (Å²) in [5, 5.41) is 1.20. The van der Waals surface area contributed by atoms with Gasteiger partial charge in [-0.25, -0.2) is 4.98 Å². The maximum Gasteiger partial charge on any atom is 0.187 e. The highest BCUT2D eigenvalue weighted by molar-refractivity contribution is 6.35. The van der Waals surface area contributed by atoms with Crippen LogP contribution in [-0.2, 0) is 33.8 Å². The zero-order chi connectivity index (χ0) is 21.7. The summed E-state index contributed by atoms with van der Waals surface area (Å²) in [4.78, 5) is 4.14. The highest BCUT2D eigenvalue weighted by Gasteiger charge is 2.41. The standard InChI is InChI=1S/C24H26Cl2N2O3/c1-18-5-7-19(8-6-18)9-10-24(16-28-12-11-27-17-28)30-14-20(31-24)13-29-15-21-22(25)3-2-4-23(21)26/h2-8,11-12,17,20H,9-10,13-16H2,1H3. The molecule has 0 N–H and O–H groups in total. The molecule has 164 valence electrons. The molecular weight excluding hydrogens is 435 g/mol. The van der Waals surface area contributed by atoms with Gasteiger partial charge >= 0.3 is 0 Å². The predicted molar refractivity (Wildman–Crippen MR) is 121 cm³/mol. The fourth-order valence-electron chi connectivity index (χ4n) is 3.70. The van der Waals surface area contributed by atoms with Crippen molar-refractivity contribution in [2.45, 2.75) is 44.8 Å². The Hall–Kier alpha value is -1.89. The summed E-state index contributed by atoms with van der Waals surface area (Å²) in [6.45, 7) is 3.87. The first kappa shape index (κ1) is 22.3. The van der Waals surface area contributed by atoms with E-state index in [4.69, 9.17) is 37.4 Å². The predicted octanol–water partition coefficient (Wildman–Crippen LogP) is 5.46. The minimum atomic E-state index is -0.721. The molecule has 0 amide bonds. The van der Waals surface area contributed by atoms with Crippen molar-refractivity contribution in [1.82, 2.24) is 9.55 Å². The Morgan fingerprint density at radius 2 is 1.94 bits per heavy atom. The average molecular weight is 461 g/mol. The van der Waals surface area contributed by atoms with Crippen LogP contribution < -0.4 is 0 Å². The SMILES string of the molecule is Cc1ccc(CCC2(Cn3ccnc3)OCC(COCc3c(Cl)cccc3Cl)O2)cc1. The minimum Gasteiger partial charge on any atom is -0.374 e. The minimum absolute atomic E-state index is 0.164. The molecule has 2 aromatic carbocycles. The second-order valence-electron chi connectivity index (χ2n) is 7.90. The second-order valence-corrected chi connectivity index (χ2v) is 8.71. The zero-order valence-corrected chi connectivity index (χ0v) is 19.0. The summed E-state index contributed by atoms with van der Waals surface area (Å²) < 4.78 is 20.5. The monoisotopic (exact) mass is 460 g/mol. The molecule has 2 unspecified atom stereocenters. The Labute approximate surface area is 192 Å². The van der Waals surface area contributed by atoms with Gasteiger partial charge in [-0.3, -0.25) is 0 Å². The van der Waals surface area contributed by atoms with E-state index in [0.717, 1.165) is 18.4 Å². The van der Waals surface area contributed by atoms with Crippen molar-refractivity contribution in [3.63, 3.8) is 0 Å². The number of hydrogen-bond donors (Lipinski definition) is 0. The van der Waals surface area contributed by atoms with E-state index in [9.17, 15) is 0 Å². The number of benzene rings is 2. The zero-order valence-electron chi connectivity index (χ0n) is 17.5. The van der Waals surface area contributed by atoms with Gasteiger partial charge in [0.25, 0.3) is 0 Å². The maximum absolute atomic E-state index is 6.40. The van der Waals surface area contributed by atoms with Crippen LogP contribution in [0.25, 0.3) is 0 Å². The molecule has 4 rings (SSSR count). The van der Waals surface area contributed by atoms with Crippen LogP contribution in [0.4, 0.5) is 0 Å². The first-order valence-electron chi connectivity index (χ1n) is 10.4. The van der Waals surface area contributed by atoms with Crippen molar-refractivity contribution in [2.75, 3.05) is 13.2 Å². The molecule has 1 aliphatic heterocycles. The van der Waals surface area contributed by atoms with Gasteiger partial charge in [-0.15, -0.1) is 0 Å². The molecule has 2 atom stereocenters. The third-order valence-electron chi connectivity index (χ3n) is 5.42. The topological polar surface area (TPSA) is 45.5 Å². The summed E-state index contributed by atoms with van der Waals surface area (Å²) in [5.41, 5.74) is 3.30. The number of aromatic nitrogens is 2. The molecule has 0 saturated carbocycles. The molecule has 2 heterocycles. The van der Waals surface area contributed by atoms with E-state index < -0.39 is 5.79 Å². The molecular formula is C24H26Cl2N2O3. The fraction of sp³-hybridized carbons (Fsp3) is 0.375. The number of hydrogen-bond acceptors (Lipinski definition) is 4. The first-order valence-corrected chi connectivity index (χ1v) is 11.1. The lowest BCUT2D eigenvalue weighted by Gasteiger charge is -2.28. The number of aryl methyl sites for hydroxylation is 2. The summed E-state index contributed by atoms with van der Waals surface area (Å²) in [5.74, 6) is -0.721.